The van der Waals surface area contributed by atoms with Gasteiger partial charge in [-0.2, -0.15) is 0 Å². The van der Waals surface area contributed by atoms with Crippen LogP contribution in [0.4, 0.5) is 10.8 Å². The molecule has 4 rings (SSSR count). The Morgan fingerprint density at radius 1 is 1.25 bits per heavy atom. The molecule has 1 saturated carbocycles. The fourth-order valence-corrected chi connectivity index (χ4v) is 4.84. The zero-order chi connectivity index (χ0) is 19.8. The molecule has 1 saturated heterocycles. The molecule has 0 bridgehead atoms. The Kier molecular flexibility index (Phi) is 4.80. The van der Waals surface area contributed by atoms with Gasteiger partial charge in [0.2, 0.25) is 17.7 Å². The fraction of sp³-hybridized carbons (Fsp3) is 0.444. The highest BCUT2D eigenvalue weighted by molar-refractivity contribution is 7.22. The molecule has 2 aliphatic rings. The van der Waals surface area contributed by atoms with Gasteiger partial charge in [0, 0.05) is 25.1 Å². The topological polar surface area (TPSA) is 123 Å². The monoisotopic (exact) mass is 402 g/mol. The van der Waals surface area contributed by atoms with Gasteiger partial charge in [-0.3, -0.25) is 29.4 Å². The summed E-state index contributed by atoms with van der Waals surface area (Å²) in [6.45, 7) is 0.0624. The number of nitrogens with one attached hydrogen (secondary N) is 1. The number of thiazole rings is 1. The minimum atomic E-state index is -0.487. The number of nitrogens with zero attached hydrogens (tertiary/aromatic N) is 3. The van der Waals surface area contributed by atoms with Crippen molar-refractivity contribution in [1.82, 2.24) is 9.88 Å². The Labute approximate surface area is 163 Å². The number of nitro groups is 1. The number of hydrogen-bond acceptors (Lipinski definition) is 7. The first-order chi connectivity index (χ1) is 13.4. The van der Waals surface area contributed by atoms with Gasteiger partial charge in [0.1, 0.15) is 0 Å². The van der Waals surface area contributed by atoms with Crippen LogP contribution in [0.2, 0.25) is 0 Å². The van der Waals surface area contributed by atoms with Crippen molar-refractivity contribution in [3.8, 4) is 0 Å². The highest BCUT2D eigenvalue weighted by Crippen LogP contribution is 2.38. The smallest absolute Gasteiger partial charge is 0.270 e. The van der Waals surface area contributed by atoms with Crippen LogP contribution in [0, 0.1) is 22.0 Å². The first-order valence-electron chi connectivity index (χ1n) is 9.14. The largest absolute Gasteiger partial charge is 0.302 e. The van der Waals surface area contributed by atoms with Crippen LogP contribution in [-0.2, 0) is 14.4 Å². The summed E-state index contributed by atoms with van der Waals surface area (Å²) in [4.78, 5) is 52.9. The van der Waals surface area contributed by atoms with Gasteiger partial charge < -0.3 is 5.32 Å². The molecule has 2 aromatic rings. The van der Waals surface area contributed by atoms with E-state index in [0.29, 0.717) is 15.3 Å². The number of likely N-dealkylation sites (tertiary alicyclic amines) is 1. The summed E-state index contributed by atoms with van der Waals surface area (Å²) in [5.74, 6) is -1.11. The van der Waals surface area contributed by atoms with Crippen molar-refractivity contribution < 1.29 is 19.3 Å². The molecule has 146 valence electrons. The number of fused-ring (bicyclic) bond motifs is 2. The van der Waals surface area contributed by atoms with Crippen molar-refractivity contribution >= 4 is 50.1 Å². The number of non-ortho nitro benzene ring substituents is 1. The molecule has 2 fully saturated rings. The molecule has 1 aromatic heterocycles. The number of imide groups is 1. The fourth-order valence-electron chi connectivity index (χ4n) is 3.93. The molecule has 3 amide bonds. The number of carbonyl (C=O) groups is 3. The van der Waals surface area contributed by atoms with Crippen LogP contribution in [0.5, 0.6) is 0 Å². The summed E-state index contributed by atoms with van der Waals surface area (Å²) in [6.07, 6.45) is 3.41. The van der Waals surface area contributed by atoms with E-state index in [9.17, 15) is 24.5 Å². The summed E-state index contributed by atoms with van der Waals surface area (Å²) < 4.78 is 0.596. The third-order valence-electron chi connectivity index (χ3n) is 5.32. The molecule has 10 heteroatoms. The highest BCUT2D eigenvalue weighted by atomic mass is 32.1. The second-order valence-electron chi connectivity index (χ2n) is 7.05. The van der Waals surface area contributed by atoms with E-state index in [0.717, 1.165) is 37.0 Å². The van der Waals surface area contributed by atoms with E-state index < -0.39 is 4.92 Å². The number of carbonyl (C=O) groups excluding carboxylic acids is 3. The van der Waals surface area contributed by atoms with E-state index in [2.05, 4.69) is 10.3 Å². The highest BCUT2D eigenvalue weighted by Gasteiger charge is 2.47. The molecule has 1 N–H and O–H groups in total. The molecule has 9 nitrogen and oxygen atoms in total. The van der Waals surface area contributed by atoms with Crippen molar-refractivity contribution in [2.24, 2.45) is 11.8 Å². The second kappa shape index (κ2) is 7.27. The average molecular weight is 402 g/mol. The zero-order valence-electron chi connectivity index (χ0n) is 14.9. The van der Waals surface area contributed by atoms with Gasteiger partial charge in [0.05, 0.1) is 27.0 Å². The summed E-state index contributed by atoms with van der Waals surface area (Å²) >= 11 is 1.14. The minimum absolute atomic E-state index is 0.00695. The number of benzene rings is 1. The third kappa shape index (κ3) is 3.35. The van der Waals surface area contributed by atoms with Crippen LogP contribution in [0.25, 0.3) is 10.2 Å². The van der Waals surface area contributed by atoms with Crippen LogP contribution in [0.3, 0.4) is 0 Å². The van der Waals surface area contributed by atoms with Gasteiger partial charge in [0.25, 0.3) is 5.69 Å². The molecule has 0 unspecified atom stereocenters. The number of anilines is 1. The zero-order valence-corrected chi connectivity index (χ0v) is 15.7. The van der Waals surface area contributed by atoms with Crippen LogP contribution in [0.1, 0.15) is 32.1 Å². The standard InChI is InChI=1S/C18H18N4O5S/c23-15(7-8-21-16(24)11-3-1-2-4-12(11)17(21)25)20-18-19-13-6-5-10(22(26)27)9-14(13)28-18/h5-6,9,11-12H,1-4,7-8H2,(H,19,20,23)/t11-,12+. The Morgan fingerprint density at radius 2 is 1.93 bits per heavy atom. The third-order valence-corrected chi connectivity index (χ3v) is 6.26. The quantitative estimate of drug-likeness (QED) is 0.466. The predicted molar refractivity (Wildman–Crippen MR) is 102 cm³/mol. The molecule has 1 aliphatic heterocycles. The summed E-state index contributed by atoms with van der Waals surface area (Å²) in [5.41, 5.74) is 0.515. The molecule has 28 heavy (non-hydrogen) atoms. The lowest BCUT2D eigenvalue weighted by molar-refractivity contribution is -0.384. The van der Waals surface area contributed by atoms with Gasteiger partial charge in [-0.1, -0.05) is 24.2 Å². The summed E-state index contributed by atoms with van der Waals surface area (Å²) in [7, 11) is 0. The lowest BCUT2D eigenvalue weighted by Crippen LogP contribution is -2.34. The molecule has 1 aliphatic carbocycles. The predicted octanol–water partition coefficient (Wildman–Crippen LogP) is 2.71. The Morgan fingerprint density at radius 3 is 2.57 bits per heavy atom. The van der Waals surface area contributed by atoms with Crippen molar-refractivity contribution in [2.75, 3.05) is 11.9 Å². The lowest BCUT2D eigenvalue weighted by atomic mass is 9.81. The van der Waals surface area contributed by atoms with Crippen LogP contribution >= 0.6 is 11.3 Å². The van der Waals surface area contributed by atoms with Crippen LogP contribution in [-0.4, -0.2) is 39.1 Å². The van der Waals surface area contributed by atoms with Gasteiger partial charge in [-0.15, -0.1) is 0 Å². The molecular formula is C18H18N4O5S. The van der Waals surface area contributed by atoms with Gasteiger partial charge in [0.15, 0.2) is 5.13 Å². The molecule has 0 spiro atoms. The van der Waals surface area contributed by atoms with E-state index in [-0.39, 0.29) is 48.2 Å². The average Bonchev–Trinajstić information content (AvgIpc) is 3.18. The second-order valence-corrected chi connectivity index (χ2v) is 8.08. The number of amides is 3. The number of nitro benzene ring substituents is 1. The maximum Gasteiger partial charge on any atom is 0.270 e. The first kappa shape index (κ1) is 18.5. The first-order valence-corrected chi connectivity index (χ1v) is 9.96. The van der Waals surface area contributed by atoms with Crippen molar-refractivity contribution in [1.29, 1.82) is 0 Å². The van der Waals surface area contributed by atoms with Crippen molar-refractivity contribution in [3.63, 3.8) is 0 Å². The van der Waals surface area contributed by atoms with Crippen molar-refractivity contribution in [3.05, 3.63) is 28.3 Å². The lowest BCUT2D eigenvalue weighted by Gasteiger charge is -2.19. The van der Waals surface area contributed by atoms with E-state index >= 15 is 0 Å². The SMILES string of the molecule is O=C(CCN1C(=O)[C@H]2CCCC[C@H]2C1=O)Nc1nc2ccc([N+](=O)[O-])cc2s1. The number of hydrogen-bond donors (Lipinski definition) is 1. The molecule has 1 aromatic carbocycles. The maximum absolute atomic E-state index is 12.4. The van der Waals surface area contributed by atoms with Gasteiger partial charge >= 0.3 is 0 Å². The Hall–Kier alpha value is -2.88. The Balaban J connectivity index is 1.38. The van der Waals surface area contributed by atoms with E-state index in [1.165, 1.54) is 23.1 Å². The summed E-state index contributed by atoms with van der Waals surface area (Å²) in [6, 6.07) is 4.30. The maximum atomic E-state index is 12.4. The molecule has 0 radical (unpaired) electrons. The van der Waals surface area contributed by atoms with Gasteiger partial charge in [-0.25, -0.2) is 4.98 Å². The van der Waals surface area contributed by atoms with Gasteiger partial charge in [-0.05, 0) is 18.9 Å². The minimum Gasteiger partial charge on any atom is -0.302 e. The van der Waals surface area contributed by atoms with Crippen LogP contribution in [0.15, 0.2) is 18.2 Å². The normalized spacial score (nSPS) is 21.8. The molecule has 2 heterocycles. The van der Waals surface area contributed by atoms with E-state index in [1.54, 1.807) is 0 Å². The number of aromatic nitrogens is 1. The number of rotatable bonds is 5. The Bertz CT molecular complexity index is 964. The van der Waals surface area contributed by atoms with Crippen molar-refractivity contribution in [2.45, 2.75) is 32.1 Å². The van der Waals surface area contributed by atoms with Crippen LogP contribution < -0.4 is 5.32 Å². The molecular weight excluding hydrogens is 384 g/mol. The molecule has 2 atom stereocenters. The van der Waals surface area contributed by atoms with E-state index in [4.69, 9.17) is 0 Å². The summed E-state index contributed by atoms with van der Waals surface area (Å²) in [5, 5.41) is 13.8. The van der Waals surface area contributed by atoms with E-state index in [1.807, 2.05) is 0 Å².